The standard InChI is InChI=1S/C17H15N3O2/c1-19-15-4-3-12(6-13(15)7-17(19)22)14-9-20-8-11(10-21)2-5-16(20)18-14/h2-6,8-9,21H,7,10H2,1H3. The van der Waals surface area contributed by atoms with Crippen molar-refractivity contribution in [3.8, 4) is 11.3 Å². The number of carbonyl (C=O) groups excluding carboxylic acids is 1. The molecular weight excluding hydrogens is 278 g/mol. The van der Waals surface area contributed by atoms with E-state index < -0.39 is 0 Å². The number of carbonyl (C=O) groups is 1. The van der Waals surface area contributed by atoms with Gasteiger partial charge in [0.1, 0.15) is 5.65 Å². The molecule has 5 heteroatoms. The lowest BCUT2D eigenvalue weighted by Crippen LogP contribution is -2.20. The van der Waals surface area contributed by atoms with E-state index in [1.165, 1.54) is 0 Å². The van der Waals surface area contributed by atoms with E-state index in [1.54, 1.807) is 11.9 Å². The third-order valence-electron chi connectivity index (χ3n) is 4.15. The maximum absolute atomic E-state index is 11.8. The number of rotatable bonds is 2. The van der Waals surface area contributed by atoms with Gasteiger partial charge in [-0.2, -0.15) is 0 Å². The van der Waals surface area contributed by atoms with Crippen molar-refractivity contribution in [3.63, 3.8) is 0 Å². The number of aliphatic hydroxyl groups excluding tert-OH is 1. The molecule has 1 amide bonds. The Bertz CT molecular complexity index is 898. The number of fused-ring (bicyclic) bond motifs is 2. The molecule has 0 saturated heterocycles. The second kappa shape index (κ2) is 4.68. The normalized spacial score (nSPS) is 13.9. The summed E-state index contributed by atoms with van der Waals surface area (Å²) in [6.07, 6.45) is 4.26. The van der Waals surface area contributed by atoms with Crippen molar-refractivity contribution < 1.29 is 9.90 Å². The first-order chi connectivity index (χ1) is 10.7. The van der Waals surface area contributed by atoms with Crippen molar-refractivity contribution in [1.82, 2.24) is 9.38 Å². The minimum absolute atomic E-state index is 0.0107. The summed E-state index contributed by atoms with van der Waals surface area (Å²) >= 11 is 0. The molecule has 0 fully saturated rings. The molecule has 3 heterocycles. The van der Waals surface area contributed by atoms with Crippen molar-refractivity contribution in [3.05, 3.63) is 53.9 Å². The smallest absolute Gasteiger partial charge is 0.231 e. The van der Waals surface area contributed by atoms with E-state index in [9.17, 15) is 9.90 Å². The predicted octanol–water partition coefficient (Wildman–Crippen LogP) is 2.01. The Balaban J connectivity index is 1.79. The summed E-state index contributed by atoms with van der Waals surface area (Å²) < 4.78 is 1.91. The van der Waals surface area contributed by atoms with Gasteiger partial charge in [0.25, 0.3) is 0 Å². The third-order valence-corrected chi connectivity index (χ3v) is 4.15. The van der Waals surface area contributed by atoms with E-state index in [1.807, 2.05) is 47.1 Å². The predicted molar refractivity (Wildman–Crippen MR) is 83.7 cm³/mol. The number of hydrogen-bond acceptors (Lipinski definition) is 3. The summed E-state index contributed by atoms with van der Waals surface area (Å²) in [7, 11) is 1.80. The number of amides is 1. The molecule has 110 valence electrons. The molecule has 22 heavy (non-hydrogen) atoms. The fourth-order valence-corrected chi connectivity index (χ4v) is 2.90. The van der Waals surface area contributed by atoms with E-state index in [4.69, 9.17) is 0 Å². The summed E-state index contributed by atoms with van der Waals surface area (Å²) in [6, 6.07) is 9.75. The average molecular weight is 293 g/mol. The first-order valence-electron chi connectivity index (χ1n) is 7.14. The number of aromatic nitrogens is 2. The Labute approximate surface area is 127 Å². The lowest BCUT2D eigenvalue weighted by atomic mass is 10.1. The zero-order valence-corrected chi connectivity index (χ0v) is 12.2. The van der Waals surface area contributed by atoms with Gasteiger partial charge in [-0.25, -0.2) is 4.98 Å². The van der Waals surface area contributed by atoms with Crippen LogP contribution >= 0.6 is 0 Å². The number of imidazole rings is 1. The minimum Gasteiger partial charge on any atom is -0.392 e. The maximum atomic E-state index is 11.8. The highest BCUT2D eigenvalue weighted by Gasteiger charge is 2.24. The monoisotopic (exact) mass is 293 g/mol. The summed E-state index contributed by atoms with van der Waals surface area (Å²) in [4.78, 5) is 18.1. The van der Waals surface area contributed by atoms with Gasteiger partial charge in [-0.1, -0.05) is 12.1 Å². The highest BCUT2D eigenvalue weighted by atomic mass is 16.3. The molecule has 0 spiro atoms. The van der Waals surface area contributed by atoms with Crippen LogP contribution in [0.5, 0.6) is 0 Å². The number of pyridine rings is 1. The Morgan fingerprint density at radius 1 is 1.23 bits per heavy atom. The van der Waals surface area contributed by atoms with Gasteiger partial charge >= 0.3 is 0 Å². The molecule has 5 nitrogen and oxygen atoms in total. The first-order valence-corrected chi connectivity index (χ1v) is 7.14. The van der Waals surface area contributed by atoms with Crippen LogP contribution in [0.4, 0.5) is 5.69 Å². The van der Waals surface area contributed by atoms with Crippen molar-refractivity contribution in [2.24, 2.45) is 0 Å². The topological polar surface area (TPSA) is 57.8 Å². The first kappa shape index (κ1) is 13.0. The quantitative estimate of drug-likeness (QED) is 0.786. The SMILES string of the molecule is CN1C(=O)Cc2cc(-c3cn4cc(CO)ccc4n3)ccc21. The van der Waals surface area contributed by atoms with Crippen LogP contribution in [0, 0.1) is 0 Å². The minimum atomic E-state index is 0.0107. The summed E-state index contributed by atoms with van der Waals surface area (Å²) in [5.74, 6) is 0.120. The maximum Gasteiger partial charge on any atom is 0.231 e. The van der Waals surface area contributed by atoms with E-state index in [0.29, 0.717) is 6.42 Å². The van der Waals surface area contributed by atoms with Crippen LogP contribution in [-0.4, -0.2) is 27.4 Å². The molecule has 2 aromatic heterocycles. The van der Waals surface area contributed by atoms with Gasteiger partial charge in [0, 0.05) is 30.7 Å². The van der Waals surface area contributed by atoms with Crippen LogP contribution < -0.4 is 4.90 Å². The zero-order valence-electron chi connectivity index (χ0n) is 12.2. The van der Waals surface area contributed by atoms with Gasteiger partial charge in [-0.3, -0.25) is 4.79 Å². The number of hydrogen-bond donors (Lipinski definition) is 1. The van der Waals surface area contributed by atoms with Crippen molar-refractivity contribution in [1.29, 1.82) is 0 Å². The number of aliphatic hydroxyl groups is 1. The molecule has 4 rings (SSSR count). The lowest BCUT2D eigenvalue weighted by molar-refractivity contribution is -0.117. The van der Waals surface area contributed by atoms with Gasteiger partial charge in [-0.05, 0) is 29.3 Å². The molecule has 1 aliphatic rings. The van der Waals surface area contributed by atoms with E-state index in [2.05, 4.69) is 4.98 Å². The Morgan fingerprint density at radius 2 is 2.09 bits per heavy atom. The summed E-state index contributed by atoms with van der Waals surface area (Å²) in [6.45, 7) is 0.0107. The number of benzene rings is 1. The largest absolute Gasteiger partial charge is 0.392 e. The Hall–Kier alpha value is -2.66. The highest BCUT2D eigenvalue weighted by Crippen LogP contribution is 2.31. The summed E-state index contributed by atoms with van der Waals surface area (Å²) in [5, 5.41) is 9.21. The van der Waals surface area contributed by atoms with Crippen molar-refractivity contribution in [2.75, 3.05) is 11.9 Å². The summed E-state index contributed by atoms with van der Waals surface area (Å²) in [5.41, 5.74) is 5.55. The number of nitrogens with zero attached hydrogens (tertiary/aromatic N) is 3. The molecule has 0 aliphatic carbocycles. The molecule has 3 aromatic rings. The second-order valence-electron chi connectivity index (χ2n) is 5.56. The van der Waals surface area contributed by atoms with E-state index >= 15 is 0 Å². The average Bonchev–Trinajstić information content (AvgIpc) is 3.08. The van der Waals surface area contributed by atoms with Crippen LogP contribution in [0.2, 0.25) is 0 Å². The molecule has 1 N–H and O–H groups in total. The lowest BCUT2D eigenvalue weighted by Gasteiger charge is -2.09. The van der Waals surface area contributed by atoms with Crippen LogP contribution in [0.3, 0.4) is 0 Å². The van der Waals surface area contributed by atoms with Crippen molar-refractivity contribution in [2.45, 2.75) is 13.0 Å². The molecule has 0 saturated carbocycles. The molecule has 0 atom stereocenters. The molecule has 0 unspecified atom stereocenters. The second-order valence-corrected chi connectivity index (χ2v) is 5.56. The number of anilines is 1. The molecule has 1 aromatic carbocycles. The zero-order chi connectivity index (χ0) is 15.3. The third kappa shape index (κ3) is 1.90. The van der Waals surface area contributed by atoms with Gasteiger partial charge in [-0.15, -0.1) is 0 Å². The van der Waals surface area contributed by atoms with Gasteiger partial charge in [0.15, 0.2) is 0 Å². The van der Waals surface area contributed by atoms with Gasteiger partial charge < -0.3 is 14.4 Å². The highest BCUT2D eigenvalue weighted by molar-refractivity contribution is 6.01. The fourth-order valence-electron chi connectivity index (χ4n) is 2.90. The van der Waals surface area contributed by atoms with E-state index in [0.717, 1.165) is 33.7 Å². The molecule has 0 bridgehead atoms. The van der Waals surface area contributed by atoms with Crippen LogP contribution in [0.25, 0.3) is 16.9 Å². The van der Waals surface area contributed by atoms with E-state index in [-0.39, 0.29) is 12.5 Å². The Kier molecular flexibility index (Phi) is 2.77. The fraction of sp³-hybridized carbons (Fsp3) is 0.176. The van der Waals surface area contributed by atoms with Crippen LogP contribution in [-0.2, 0) is 17.8 Å². The van der Waals surface area contributed by atoms with Gasteiger partial charge in [0.2, 0.25) is 5.91 Å². The Morgan fingerprint density at radius 3 is 2.91 bits per heavy atom. The molecular formula is C17H15N3O2. The number of likely N-dealkylation sites (N-methyl/N-ethyl adjacent to an activating group) is 1. The van der Waals surface area contributed by atoms with Gasteiger partial charge in [0.05, 0.1) is 18.7 Å². The molecule has 1 aliphatic heterocycles. The van der Waals surface area contributed by atoms with Crippen molar-refractivity contribution >= 4 is 17.2 Å². The molecule has 0 radical (unpaired) electrons. The van der Waals surface area contributed by atoms with Crippen LogP contribution in [0.1, 0.15) is 11.1 Å². The van der Waals surface area contributed by atoms with Crippen LogP contribution in [0.15, 0.2) is 42.7 Å².